The first kappa shape index (κ1) is 18.2. The van der Waals surface area contributed by atoms with Crippen LogP contribution in [0.4, 0.5) is 0 Å². The summed E-state index contributed by atoms with van der Waals surface area (Å²) in [6.07, 6.45) is 7.20. The first-order chi connectivity index (χ1) is 13.1. The molecule has 3 aromatic rings. The summed E-state index contributed by atoms with van der Waals surface area (Å²) < 4.78 is 1.45. The standard InChI is InChI=1S/C21H19Cl2N3O/c22-16-11-10-15(18(23)12-16)13-24-26-20(14-6-2-1-3-7-14)25-19-9-5-4-8-17(19)21(26)27/h4-5,8-14H,1-3,6-7H2. The monoisotopic (exact) mass is 399 g/mol. The van der Waals surface area contributed by atoms with E-state index in [4.69, 9.17) is 28.2 Å². The second-order valence-corrected chi connectivity index (χ2v) is 7.69. The van der Waals surface area contributed by atoms with E-state index in [-0.39, 0.29) is 11.5 Å². The number of aromatic nitrogens is 2. The predicted molar refractivity (Wildman–Crippen MR) is 111 cm³/mol. The van der Waals surface area contributed by atoms with Crippen LogP contribution in [0.3, 0.4) is 0 Å². The van der Waals surface area contributed by atoms with E-state index in [0.717, 1.165) is 37.0 Å². The highest BCUT2D eigenvalue weighted by Crippen LogP contribution is 2.31. The lowest BCUT2D eigenvalue weighted by molar-refractivity contribution is 0.416. The smallest absolute Gasteiger partial charge is 0.267 e. The SMILES string of the molecule is O=c1c2ccccc2nc(C2CCCCC2)n1N=Cc1ccc(Cl)cc1Cl. The van der Waals surface area contributed by atoms with Crippen LogP contribution in [0, 0.1) is 0 Å². The minimum Gasteiger partial charge on any atom is -0.267 e. The van der Waals surface area contributed by atoms with Gasteiger partial charge < -0.3 is 0 Å². The van der Waals surface area contributed by atoms with Gasteiger partial charge in [-0.1, -0.05) is 60.7 Å². The molecule has 0 unspecified atom stereocenters. The van der Waals surface area contributed by atoms with Crippen molar-refractivity contribution in [3.8, 4) is 0 Å². The Labute approximate surface area is 167 Å². The molecule has 0 spiro atoms. The quantitative estimate of drug-likeness (QED) is 0.535. The lowest BCUT2D eigenvalue weighted by Gasteiger charge is -2.22. The van der Waals surface area contributed by atoms with Crippen LogP contribution in [-0.2, 0) is 0 Å². The fourth-order valence-electron chi connectivity index (χ4n) is 3.60. The minimum atomic E-state index is -0.150. The van der Waals surface area contributed by atoms with Gasteiger partial charge in [-0.2, -0.15) is 9.78 Å². The maximum absolute atomic E-state index is 13.1. The molecule has 0 bridgehead atoms. The number of hydrogen-bond donors (Lipinski definition) is 0. The maximum Gasteiger partial charge on any atom is 0.282 e. The highest BCUT2D eigenvalue weighted by Gasteiger charge is 2.22. The van der Waals surface area contributed by atoms with Gasteiger partial charge in [-0.25, -0.2) is 4.98 Å². The lowest BCUT2D eigenvalue weighted by atomic mass is 9.88. The van der Waals surface area contributed by atoms with Crippen molar-refractivity contribution in [3.05, 3.63) is 74.3 Å². The molecule has 138 valence electrons. The highest BCUT2D eigenvalue weighted by molar-refractivity contribution is 6.36. The normalized spacial score (nSPS) is 15.6. The predicted octanol–water partition coefficient (Wildman–Crippen LogP) is 5.63. The Morgan fingerprint density at radius 3 is 2.63 bits per heavy atom. The van der Waals surface area contributed by atoms with Gasteiger partial charge in [0.25, 0.3) is 5.56 Å². The van der Waals surface area contributed by atoms with Crippen LogP contribution in [0.1, 0.15) is 49.4 Å². The molecule has 1 heterocycles. The zero-order valence-electron chi connectivity index (χ0n) is 14.7. The van der Waals surface area contributed by atoms with E-state index in [1.54, 1.807) is 30.5 Å². The Balaban J connectivity index is 1.85. The van der Waals surface area contributed by atoms with Crippen molar-refractivity contribution in [2.45, 2.75) is 38.0 Å². The van der Waals surface area contributed by atoms with Crippen LogP contribution in [0.5, 0.6) is 0 Å². The molecule has 1 aromatic heterocycles. The summed E-state index contributed by atoms with van der Waals surface area (Å²) in [5.41, 5.74) is 1.28. The first-order valence-electron chi connectivity index (χ1n) is 9.14. The average Bonchev–Trinajstić information content (AvgIpc) is 2.69. The van der Waals surface area contributed by atoms with Crippen LogP contribution in [-0.4, -0.2) is 15.9 Å². The fourth-order valence-corrected chi connectivity index (χ4v) is 4.06. The van der Waals surface area contributed by atoms with Gasteiger partial charge in [0.15, 0.2) is 0 Å². The van der Waals surface area contributed by atoms with Gasteiger partial charge >= 0.3 is 0 Å². The van der Waals surface area contributed by atoms with Crippen molar-refractivity contribution < 1.29 is 0 Å². The number of benzene rings is 2. The Morgan fingerprint density at radius 1 is 1.07 bits per heavy atom. The Kier molecular flexibility index (Phi) is 5.28. The van der Waals surface area contributed by atoms with Gasteiger partial charge in [-0.3, -0.25) is 4.79 Å². The Morgan fingerprint density at radius 2 is 1.85 bits per heavy atom. The average molecular weight is 400 g/mol. The zero-order valence-corrected chi connectivity index (χ0v) is 16.2. The second kappa shape index (κ2) is 7.83. The molecule has 0 amide bonds. The number of rotatable bonds is 3. The largest absolute Gasteiger partial charge is 0.282 e. The zero-order chi connectivity index (χ0) is 18.8. The summed E-state index contributed by atoms with van der Waals surface area (Å²) in [7, 11) is 0. The van der Waals surface area contributed by atoms with Gasteiger partial charge in [-0.15, -0.1) is 0 Å². The summed E-state index contributed by atoms with van der Waals surface area (Å²) in [5.74, 6) is 0.980. The molecule has 1 aliphatic rings. The number of hydrogen-bond acceptors (Lipinski definition) is 3. The van der Waals surface area contributed by atoms with Crippen molar-refractivity contribution >= 4 is 40.3 Å². The van der Waals surface area contributed by atoms with Crippen molar-refractivity contribution in [2.24, 2.45) is 5.10 Å². The van der Waals surface area contributed by atoms with E-state index in [0.29, 0.717) is 21.0 Å². The number of nitrogens with zero attached hydrogens (tertiary/aromatic N) is 3. The molecule has 4 rings (SSSR count). The van der Waals surface area contributed by atoms with E-state index in [1.165, 1.54) is 11.1 Å². The van der Waals surface area contributed by atoms with Crippen molar-refractivity contribution in [2.75, 3.05) is 0 Å². The third-order valence-electron chi connectivity index (χ3n) is 5.02. The number of fused-ring (bicyclic) bond motifs is 1. The molecular weight excluding hydrogens is 381 g/mol. The Bertz CT molecular complexity index is 1070. The Hall–Kier alpha value is -2.17. The molecule has 6 heteroatoms. The van der Waals surface area contributed by atoms with E-state index in [2.05, 4.69) is 5.10 Å². The summed E-state index contributed by atoms with van der Waals surface area (Å²) in [6.45, 7) is 0. The van der Waals surface area contributed by atoms with Gasteiger partial charge in [-0.05, 0) is 37.1 Å². The summed E-state index contributed by atoms with van der Waals surface area (Å²) >= 11 is 12.2. The summed E-state index contributed by atoms with van der Waals surface area (Å²) in [6, 6.07) is 12.6. The molecular formula is C21H19Cl2N3O. The topological polar surface area (TPSA) is 47.2 Å². The van der Waals surface area contributed by atoms with Crippen LogP contribution in [0.25, 0.3) is 10.9 Å². The fraction of sp³-hybridized carbons (Fsp3) is 0.286. The molecule has 27 heavy (non-hydrogen) atoms. The van der Waals surface area contributed by atoms with Crippen LogP contribution >= 0.6 is 23.2 Å². The van der Waals surface area contributed by atoms with Crippen LogP contribution < -0.4 is 5.56 Å². The molecule has 1 fully saturated rings. The molecule has 0 saturated heterocycles. The van der Waals surface area contributed by atoms with E-state index in [1.807, 2.05) is 18.2 Å². The number of para-hydroxylation sites is 1. The van der Waals surface area contributed by atoms with E-state index >= 15 is 0 Å². The third kappa shape index (κ3) is 3.78. The van der Waals surface area contributed by atoms with E-state index < -0.39 is 0 Å². The molecule has 2 aromatic carbocycles. The van der Waals surface area contributed by atoms with E-state index in [9.17, 15) is 4.79 Å². The molecule has 0 atom stereocenters. The summed E-state index contributed by atoms with van der Waals surface area (Å²) in [5, 5.41) is 6.10. The van der Waals surface area contributed by atoms with Crippen molar-refractivity contribution in [1.82, 2.24) is 9.66 Å². The van der Waals surface area contributed by atoms with Crippen molar-refractivity contribution in [3.63, 3.8) is 0 Å². The van der Waals surface area contributed by atoms with Crippen molar-refractivity contribution in [1.29, 1.82) is 0 Å². The van der Waals surface area contributed by atoms with Crippen LogP contribution in [0.15, 0.2) is 52.4 Å². The first-order valence-corrected chi connectivity index (χ1v) is 9.90. The van der Waals surface area contributed by atoms with Gasteiger partial charge in [0, 0.05) is 16.5 Å². The second-order valence-electron chi connectivity index (χ2n) is 6.85. The molecule has 0 radical (unpaired) electrons. The molecule has 0 N–H and O–H groups in total. The minimum absolute atomic E-state index is 0.150. The maximum atomic E-state index is 13.1. The van der Waals surface area contributed by atoms with Gasteiger partial charge in [0.05, 0.1) is 22.1 Å². The highest BCUT2D eigenvalue weighted by atomic mass is 35.5. The molecule has 4 nitrogen and oxygen atoms in total. The lowest BCUT2D eigenvalue weighted by Crippen LogP contribution is -2.25. The number of halogens is 2. The van der Waals surface area contributed by atoms with Crippen LogP contribution in [0.2, 0.25) is 10.0 Å². The third-order valence-corrected chi connectivity index (χ3v) is 5.59. The summed E-state index contributed by atoms with van der Waals surface area (Å²) in [4.78, 5) is 17.9. The molecule has 1 aliphatic carbocycles. The van der Waals surface area contributed by atoms with Gasteiger partial charge in [0.1, 0.15) is 5.82 Å². The van der Waals surface area contributed by atoms with Gasteiger partial charge in [0.2, 0.25) is 0 Å². The molecule has 0 aliphatic heterocycles. The molecule has 1 saturated carbocycles.